The van der Waals surface area contributed by atoms with Crippen molar-refractivity contribution in [3.8, 4) is 6.07 Å². The van der Waals surface area contributed by atoms with Gasteiger partial charge in [-0.2, -0.15) is 5.26 Å². The van der Waals surface area contributed by atoms with Gasteiger partial charge in [-0.3, -0.25) is 0 Å². The van der Waals surface area contributed by atoms with E-state index in [-0.39, 0.29) is 17.6 Å². The normalized spacial score (nSPS) is 50.0. The van der Waals surface area contributed by atoms with Gasteiger partial charge < -0.3 is 10.4 Å². The Bertz CT molecular complexity index is 200. The van der Waals surface area contributed by atoms with Crippen LogP contribution in [0.25, 0.3) is 0 Å². The fourth-order valence-corrected chi connectivity index (χ4v) is 2.14. The molecule has 2 aliphatic heterocycles. The van der Waals surface area contributed by atoms with E-state index in [1.807, 2.05) is 0 Å². The van der Waals surface area contributed by atoms with Crippen LogP contribution in [0.5, 0.6) is 0 Å². The molecule has 2 bridgehead atoms. The fourth-order valence-electron chi connectivity index (χ4n) is 2.14. The first-order valence-corrected chi connectivity index (χ1v) is 3.51. The summed E-state index contributed by atoms with van der Waals surface area (Å²) in [6.07, 6.45) is 1.68. The summed E-state index contributed by atoms with van der Waals surface area (Å²) in [5.74, 6) is 0. The minimum absolute atomic E-state index is 0.0737. The van der Waals surface area contributed by atoms with Gasteiger partial charge in [0, 0.05) is 12.1 Å². The highest BCUT2D eigenvalue weighted by molar-refractivity contribution is 5.24. The monoisotopic (exact) mass is 138 g/mol. The molecular formula is C7H10N2O. The van der Waals surface area contributed by atoms with Crippen LogP contribution in [0, 0.1) is 16.7 Å². The number of aliphatic hydroxyl groups excluding tert-OH is 1. The average molecular weight is 138 g/mol. The quantitative estimate of drug-likeness (QED) is 0.519. The molecule has 0 aromatic heterocycles. The molecule has 2 heterocycles. The molecule has 1 saturated carbocycles. The van der Waals surface area contributed by atoms with Gasteiger partial charge in [-0.05, 0) is 12.8 Å². The molecule has 3 nitrogen and oxygen atoms in total. The molecule has 0 spiro atoms. The third-order valence-corrected chi connectivity index (χ3v) is 2.70. The van der Waals surface area contributed by atoms with E-state index in [2.05, 4.69) is 11.4 Å². The third-order valence-electron chi connectivity index (χ3n) is 2.70. The van der Waals surface area contributed by atoms with Crippen LogP contribution in [0.1, 0.15) is 12.8 Å². The molecule has 2 N–H and O–H groups in total. The SMILES string of the molecule is N#CC12CNC(CO)(C1)C2. The Morgan fingerprint density at radius 2 is 2.30 bits per heavy atom. The van der Waals surface area contributed by atoms with E-state index in [0.717, 1.165) is 19.4 Å². The molecule has 2 saturated heterocycles. The van der Waals surface area contributed by atoms with Crippen molar-refractivity contribution < 1.29 is 5.11 Å². The summed E-state index contributed by atoms with van der Waals surface area (Å²) >= 11 is 0. The number of rotatable bonds is 1. The van der Waals surface area contributed by atoms with Crippen LogP contribution in [0.15, 0.2) is 0 Å². The number of fused-ring (bicyclic) bond motifs is 1. The standard InChI is InChI=1S/C7H10N2O/c8-3-6-1-7(2-6,5-10)9-4-6/h9-10H,1-2,4-5H2. The van der Waals surface area contributed by atoms with Gasteiger partial charge in [0.2, 0.25) is 0 Å². The predicted molar refractivity (Wildman–Crippen MR) is 35.1 cm³/mol. The molecule has 0 unspecified atom stereocenters. The molecule has 0 atom stereocenters. The summed E-state index contributed by atoms with van der Waals surface area (Å²) < 4.78 is 0. The van der Waals surface area contributed by atoms with E-state index >= 15 is 0 Å². The van der Waals surface area contributed by atoms with Crippen molar-refractivity contribution in [2.75, 3.05) is 13.2 Å². The number of nitriles is 1. The van der Waals surface area contributed by atoms with Gasteiger partial charge in [-0.1, -0.05) is 0 Å². The number of hydrogen-bond acceptors (Lipinski definition) is 3. The van der Waals surface area contributed by atoms with E-state index in [0.29, 0.717) is 0 Å². The van der Waals surface area contributed by atoms with Gasteiger partial charge in [0.05, 0.1) is 18.1 Å². The highest BCUT2D eigenvalue weighted by Crippen LogP contribution is 2.52. The van der Waals surface area contributed by atoms with Crippen LogP contribution in [0.3, 0.4) is 0 Å². The number of hydrogen-bond donors (Lipinski definition) is 2. The maximum Gasteiger partial charge on any atom is 0.0735 e. The first-order valence-electron chi connectivity index (χ1n) is 3.51. The molecule has 0 radical (unpaired) electrons. The zero-order valence-corrected chi connectivity index (χ0v) is 5.72. The van der Waals surface area contributed by atoms with Crippen molar-refractivity contribution >= 4 is 0 Å². The Balaban J connectivity index is 2.15. The summed E-state index contributed by atoms with van der Waals surface area (Å²) in [5, 5.41) is 20.8. The van der Waals surface area contributed by atoms with Crippen molar-refractivity contribution in [1.82, 2.24) is 5.32 Å². The lowest BCUT2D eigenvalue weighted by molar-refractivity contribution is 0.0869. The van der Waals surface area contributed by atoms with Crippen molar-refractivity contribution in [2.24, 2.45) is 5.41 Å². The van der Waals surface area contributed by atoms with Crippen molar-refractivity contribution in [3.63, 3.8) is 0 Å². The largest absolute Gasteiger partial charge is 0.394 e. The fraction of sp³-hybridized carbons (Fsp3) is 0.857. The van der Waals surface area contributed by atoms with Gasteiger partial charge in [0.1, 0.15) is 0 Å². The van der Waals surface area contributed by atoms with Gasteiger partial charge >= 0.3 is 0 Å². The Morgan fingerprint density at radius 1 is 1.60 bits per heavy atom. The van der Waals surface area contributed by atoms with E-state index in [1.165, 1.54) is 0 Å². The molecule has 3 heteroatoms. The third kappa shape index (κ3) is 0.511. The Kier molecular flexibility index (Phi) is 0.936. The summed E-state index contributed by atoms with van der Waals surface area (Å²) in [7, 11) is 0. The van der Waals surface area contributed by atoms with Crippen LogP contribution in [0.4, 0.5) is 0 Å². The van der Waals surface area contributed by atoms with Crippen LogP contribution in [0.2, 0.25) is 0 Å². The highest BCUT2D eigenvalue weighted by atomic mass is 16.3. The Labute approximate surface area is 59.7 Å². The second kappa shape index (κ2) is 1.52. The van der Waals surface area contributed by atoms with Crippen molar-refractivity contribution in [1.29, 1.82) is 5.26 Å². The first-order chi connectivity index (χ1) is 4.74. The molecule has 0 amide bonds. The Hall–Kier alpha value is -0.590. The highest BCUT2D eigenvalue weighted by Gasteiger charge is 2.60. The van der Waals surface area contributed by atoms with Crippen molar-refractivity contribution in [2.45, 2.75) is 18.4 Å². The number of aliphatic hydroxyl groups is 1. The first kappa shape index (κ1) is 6.14. The van der Waals surface area contributed by atoms with E-state index in [1.54, 1.807) is 0 Å². The minimum atomic E-state index is -0.122. The summed E-state index contributed by atoms with van der Waals surface area (Å²) in [6.45, 7) is 0.945. The second-order valence-electron chi connectivity index (χ2n) is 3.54. The maximum atomic E-state index is 8.90. The van der Waals surface area contributed by atoms with Crippen LogP contribution < -0.4 is 5.32 Å². The van der Waals surface area contributed by atoms with Gasteiger partial charge in [0.25, 0.3) is 0 Å². The molecule has 10 heavy (non-hydrogen) atoms. The van der Waals surface area contributed by atoms with Gasteiger partial charge in [-0.15, -0.1) is 0 Å². The average Bonchev–Trinajstić information content (AvgIpc) is 2.40. The molecule has 0 aromatic carbocycles. The van der Waals surface area contributed by atoms with E-state index in [9.17, 15) is 0 Å². The Morgan fingerprint density at radius 3 is 2.60 bits per heavy atom. The summed E-state index contributed by atoms with van der Waals surface area (Å²) in [4.78, 5) is 0. The van der Waals surface area contributed by atoms with Crippen LogP contribution in [-0.2, 0) is 0 Å². The second-order valence-corrected chi connectivity index (χ2v) is 3.54. The molecule has 0 aromatic rings. The lowest BCUT2D eigenvalue weighted by Gasteiger charge is -2.40. The molecule has 54 valence electrons. The molecule has 3 aliphatic rings. The summed E-state index contributed by atoms with van der Waals surface area (Å²) in [6, 6.07) is 2.29. The van der Waals surface area contributed by atoms with Crippen molar-refractivity contribution in [3.05, 3.63) is 0 Å². The number of nitrogens with one attached hydrogen (secondary N) is 1. The van der Waals surface area contributed by atoms with E-state index < -0.39 is 0 Å². The molecular weight excluding hydrogens is 128 g/mol. The zero-order chi connectivity index (χ0) is 7.24. The lowest BCUT2D eigenvalue weighted by atomic mass is 9.63. The molecule has 3 rings (SSSR count). The smallest absolute Gasteiger partial charge is 0.0735 e. The summed E-state index contributed by atoms with van der Waals surface area (Å²) in [5.41, 5.74) is -0.196. The van der Waals surface area contributed by atoms with Gasteiger partial charge in [-0.25, -0.2) is 0 Å². The van der Waals surface area contributed by atoms with Gasteiger partial charge in [0.15, 0.2) is 0 Å². The predicted octanol–water partition coefficient (Wildman–Crippen LogP) is -0.376. The zero-order valence-electron chi connectivity index (χ0n) is 5.72. The van der Waals surface area contributed by atoms with Crippen LogP contribution >= 0.6 is 0 Å². The molecule has 3 fully saturated rings. The lowest BCUT2D eigenvalue weighted by Crippen LogP contribution is -2.50. The van der Waals surface area contributed by atoms with E-state index in [4.69, 9.17) is 10.4 Å². The van der Waals surface area contributed by atoms with Crippen LogP contribution in [-0.4, -0.2) is 23.8 Å². The number of nitrogens with zero attached hydrogens (tertiary/aromatic N) is 1. The molecule has 1 aliphatic carbocycles. The minimum Gasteiger partial charge on any atom is -0.394 e. The maximum absolute atomic E-state index is 8.90. The topological polar surface area (TPSA) is 56.0 Å².